The highest BCUT2D eigenvalue weighted by molar-refractivity contribution is 5.94. The lowest BCUT2D eigenvalue weighted by atomic mass is 9.89. The van der Waals surface area contributed by atoms with Gasteiger partial charge in [-0.1, -0.05) is 50.5 Å². The SMILES string of the molecule is CCc1c(CN(C(=O)c2cccc(OC)c2)C2CCCCC2)cccc1C(C)C(=O)O. The molecule has 1 amide bonds. The molecule has 31 heavy (non-hydrogen) atoms. The molecule has 1 unspecified atom stereocenters. The largest absolute Gasteiger partial charge is 0.497 e. The van der Waals surface area contributed by atoms with E-state index in [1.165, 1.54) is 6.42 Å². The second-order valence-electron chi connectivity index (χ2n) is 8.36. The van der Waals surface area contributed by atoms with Crippen molar-refractivity contribution in [2.24, 2.45) is 0 Å². The van der Waals surface area contributed by atoms with Gasteiger partial charge >= 0.3 is 5.97 Å². The maximum atomic E-state index is 13.6. The Kier molecular flexibility index (Phi) is 7.72. The predicted octanol–water partition coefficient (Wildman–Crippen LogP) is 5.42. The smallest absolute Gasteiger partial charge is 0.310 e. The van der Waals surface area contributed by atoms with Crippen molar-refractivity contribution in [1.29, 1.82) is 0 Å². The fraction of sp³-hybridized carbons (Fsp3) is 0.462. The zero-order chi connectivity index (χ0) is 22.4. The number of methoxy groups -OCH3 is 1. The van der Waals surface area contributed by atoms with E-state index in [-0.39, 0.29) is 11.9 Å². The number of carbonyl (C=O) groups excluding carboxylic acids is 1. The van der Waals surface area contributed by atoms with Crippen LogP contribution in [0.2, 0.25) is 0 Å². The van der Waals surface area contributed by atoms with Gasteiger partial charge in [0, 0.05) is 18.2 Å². The quantitative estimate of drug-likeness (QED) is 0.616. The third-order valence-electron chi connectivity index (χ3n) is 6.43. The van der Waals surface area contributed by atoms with Gasteiger partial charge in [-0.2, -0.15) is 0 Å². The Morgan fingerprint density at radius 1 is 1.13 bits per heavy atom. The van der Waals surface area contributed by atoms with Crippen molar-refractivity contribution in [3.05, 3.63) is 64.7 Å². The molecule has 1 fully saturated rings. The number of benzene rings is 2. The van der Waals surface area contributed by atoms with E-state index in [1.807, 2.05) is 48.2 Å². The second-order valence-corrected chi connectivity index (χ2v) is 8.36. The first-order chi connectivity index (χ1) is 15.0. The van der Waals surface area contributed by atoms with Gasteiger partial charge in [0.1, 0.15) is 5.75 Å². The summed E-state index contributed by atoms with van der Waals surface area (Å²) < 4.78 is 5.32. The molecule has 166 valence electrons. The number of carboxylic acid groups (broad SMARTS) is 1. The minimum Gasteiger partial charge on any atom is -0.497 e. The molecule has 0 radical (unpaired) electrons. The summed E-state index contributed by atoms with van der Waals surface area (Å²) >= 11 is 0. The molecule has 0 aliphatic heterocycles. The van der Waals surface area contributed by atoms with Gasteiger partial charge in [-0.25, -0.2) is 0 Å². The topological polar surface area (TPSA) is 66.8 Å². The van der Waals surface area contributed by atoms with Crippen LogP contribution in [0, 0.1) is 0 Å². The molecule has 1 aliphatic carbocycles. The van der Waals surface area contributed by atoms with E-state index in [4.69, 9.17) is 4.74 Å². The molecular weight excluding hydrogens is 390 g/mol. The first-order valence-electron chi connectivity index (χ1n) is 11.2. The van der Waals surface area contributed by atoms with Gasteiger partial charge in [-0.3, -0.25) is 9.59 Å². The van der Waals surface area contributed by atoms with Crippen LogP contribution in [0.3, 0.4) is 0 Å². The number of hydrogen-bond acceptors (Lipinski definition) is 3. The maximum Gasteiger partial charge on any atom is 0.310 e. The lowest BCUT2D eigenvalue weighted by Crippen LogP contribution is -2.41. The number of nitrogens with zero attached hydrogens (tertiary/aromatic N) is 1. The van der Waals surface area contributed by atoms with E-state index in [1.54, 1.807) is 20.1 Å². The molecule has 0 aromatic heterocycles. The number of rotatable bonds is 8. The van der Waals surface area contributed by atoms with Crippen LogP contribution in [0.15, 0.2) is 42.5 Å². The summed E-state index contributed by atoms with van der Waals surface area (Å²) in [5, 5.41) is 9.54. The predicted molar refractivity (Wildman–Crippen MR) is 122 cm³/mol. The summed E-state index contributed by atoms with van der Waals surface area (Å²) in [6.07, 6.45) is 6.20. The second kappa shape index (κ2) is 10.5. The van der Waals surface area contributed by atoms with Crippen molar-refractivity contribution in [2.45, 2.75) is 70.9 Å². The normalized spacial score (nSPS) is 15.3. The third kappa shape index (κ3) is 5.27. The Bertz CT molecular complexity index is 917. The number of hydrogen-bond donors (Lipinski definition) is 1. The van der Waals surface area contributed by atoms with E-state index in [2.05, 4.69) is 0 Å². The summed E-state index contributed by atoms with van der Waals surface area (Å²) in [7, 11) is 1.60. The molecule has 1 saturated carbocycles. The van der Waals surface area contributed by atoms with Gasteiger partial charge in [-0.05, 0) is 61.1 Å². The molecule has 0 heterocycles. The molecule has 2 aromatic rings. The highest BCUT2D eigenvalue weighted by Crippen LogP contribution is 2.30. The standard InChI is InChI=1S/C26H33NO4/c1-4-23-20(11-9-15-24(23)18(2)26(29)30)17-27(21-12-6-5-7-13-21)25(28)19-10-8-14-22(16-19)31-3/h8-11,14-16,18,21H,4-7,12-13,17H2,1-3H3,(H,29,30). The molecule has 5 heteroatoms. The van der Waals surface area contributed by atoms with E-state index in [0.29, 0.717) is 17.9 Å². The van der Waals surface area contributed by atoms with Crippen LogP contribution in [0.1, 0.15) is 78.9 Å². The van der Waals surface area contributed by atoms with Crippen LogP contribution in [0.5, 0.6) is 5.75 Å². The van der Waals surface area contributed by atoms with Gasteiger partial charge in [0.15, 0.2) is 0 Å². The summed E-state index contributed by atoms with van der Waals surface area (Å²) in [4.78, 5) is 27.2. The zero-order valence-corrected chi connectivity index (χ0v) is 18.8. The monoisotopic (exact) mass is 423 g/mol. The van der Waals surface area contributed by atoms with Crippen LogP contribution in [0.4, 0.5) is 0 Å². The average molecular weight is 424 g/mol. The van der Waals surface area contributed by atoms with E-state index in [0.717, 1.165) is 48.8 Å². The first kappa shape index (κ1) is 22.9. The summed E-state index contributed by atoms with van der Waals surface area (Å²) in [5.74, 6) is -0.735. The lowest BCUT2D eigenvalue weighted by molar-refractivity contribution is -0.138. The van der Waals surface area contributed by atoms with Gasteiger partial charge in [0.25, 0.3) is 5.91 Å². The van der Waals surface area contributed by atoms with Gasteiger partial charge in [0.2, 0.25) is 0 Å². The van der Waals surface area contributed by atoms with Crippen molar-refractivity contribution in [1.82, 2.24) is 4.90 Å². The van der Waals surface area contributed by atoms with Gasteiger partial charge < -0.3 is 14.7 Å². The van der Waals surface area contributed by atoms with Gasteiger partial charge in [-0.15, -0.1) is 0 Å². The van der Waals surface area contributed by atoms with E-state index in [9.17, 15) is 14.7 Å². The van der Waals surface area contributed by atoms with Crippen molar-refractivity contribution in [3.63, 3.8) is 0 Å². The van der Waals surface area contributed by atoms with E-state index >= 15 is 0 Å². The highest BCUT2D eigenvalue weighted by Gasteiger charge is 2.28. The van der Waals surface area contributed by atoms with Crippen LogP contribution in [-0.4, -0.2) is 35.0 Å². The fourth-order valence-corrected chi connectivity index (χ4v) is 4.64. The first-order valence-corrected chi connectivity index (χ1v) is 11.2. The fourth-order valence-electron chi connectivity index (χ4n) is 4.64. The Balaban J connectivity index is 1.98. The summed E-state index contributed by atoms with van der Waals surface area (Å²) in [6, 6.07) is 13.4. The average Bonchev–Trinajstić information content (AvgIpc) is 2.81. The molecule has 2 aromatic carbocycles. The molecule has 1 atom stereocenters. The number of carbonyl (C=O) groups is 2. The number of ether oxygens (including phenoxy) is 1. The lowest BCUT2D eigenvalue weighted by Gasteiger charge is -2.35. The molecule has 0 spiro atoms. The Hall–Kier alpha value is -2.82. The Morgan fingerprint density at radius 3 is 2.48 bits per heavy atom. The maximum absolute atomic E-state index is 13.6. The third-order valence-corrected chi connectivity index (χ3v) is 6.43. The van der Waals surface area contributed by atoms with Gasteiger partial charge in [0.05, 0.1) is 13.0 Å². The molecule has 3 rings (SSSR count). The molecule has 0 bridgehead atoms. The molecule has 5 nitrogen and oxygen atoms in total. The minimum absolute atomic E-state index is 0.00420. The highest BCUT2D eigenvalue weighted by atomic mass is 16.5. The van der Waals surface area contributed by atoms with Crippen LogP contribution in [0.25, 0.3) is 0 Å². The van der Waals surface area contributed by atoms with Crippen molar-refractivity contribution < 1.29 is 19.4 Å². The van der Waals surface area contributed by atoms with Crippen molar-refractivity contribution in [3.8, 4) is 5.75 Å². The van der Waals surface area contributed by atoms with Crippen molar-refractivity contribution >= 4 is 11.9 Å². The number of aliphatic carboxylic acids is 1. The summed E-state index contributed by atoms with van der Waals surface area (Å²) in [5.41, 5.74) is 3.54. The Morgan fingerprint density at radius 2 is 1.84 bits per heavy atom. The molecule has 1 aliphatic rings. The Labute approximate surface area is 185 Å². The van der Waals surface area contributed by atoms with Crippen LogP contribution < -0.4 is 4.74 Å². The molecule has 1 N–H and O–H groups in total. The summed E-state index contributed by atoms with van der Waals surface area (Å²) in [6.45, 7) is 4.26. The van der Waals surface area contributed by atoms with E-state index < -0.39 is 11.9 Å². The minimum atomic E-state index is -0.830. The van der Waals surface area contributed by atoms with Crippen LogP contribution >= 0.6 is 0 Å². The van der Waals surface area contributed by atoms with Crippen LogP contribution in [-0.2, 0) is 17.8 Å². The molecular formula is C26H33NO4. The molecule has 0 saturated heterocycles. The van der Waals surface area contributed by atoms with Crippen molar-refractivity contribution in [2.75, 3.05) is 7.11 Å². The zero-order valence-electron chi connectivity index (χ0n) is 18.8. The number of amides is 1. The number of carboxylic acids is 1.